The van der Waals surface area contributed by atoms with Crippen LogP contribution in [-0.2, 0) is 10.0 Å². The topological polar surface area (TPSA) is 77.5 Å². The summed E-state index contributed by atoms with van der Waals surface area (Å²) >= 11 is 0. The number of hydrogen-bond acceptors (Lipinski definition) is 5. The molecule has 0 radical (unpaired) electrons. The molecule has 0 unspecified atom stereocenters. The second-order valence-corrected chi connectivity index (χ2v) is 8.71. The van der Waals surface area contributed by atoms with Crippen molar-refractivity contribution in [3.05, 3.63) is 24.3 Å². The van der Waals surface area contributed by atoms with E-state index in [4.69, 9.17) is 4.74 Å². The summed E-state index contributed by atoms with van der Waals surface area (Å²) < 4.78 is 30.3. The lowest BCUT2D eigenvalue weighted by Crippen LogP contribution is -2.52. The number of nitrogens with one attached hydrogen (secondary N) is 1. The number of anilines is 1. The molecule has 0 bridgehead atoms. The average molecular weight is 412 g/mol. The van der Waals surface area contributed by atoms with Gasteiger partial charge in [0, 0.05) is 52.9 Å². The molecule has 1 aromatic carbocycles. The zero-order valence-electron chi connectivity index (χ0n) is 17.4. The molecule has 1 heterocycles. The summed E-state index contributed by atoms with van der Waals surface area (Å²) in [5.41, 5.74) is 1.12. The highest BCUT2D eigenvalue weighted by molar-refractivity contribution is 7.88. The molecule has 0 atom stereocenters. The largest absolute Gasteiger partial charge is 0.495 e. The van der Waals surface area contributed by atoms with Crippen molar-refractivity contribution in [1.82, 2.24) is 14.5 Å². The van der Waals surface area contributed by atoms with Crippen LogP contribution < -0.4 is 15.0 Å². The SMILES string of the molecule is CCN(CCCNC(=NC)N1CCN(c2ccccc2OC)CC1)S(C)(=O)=O. The van der Waals surface area contributed by atoms with Gasteiger partial charge in [-0.3, -0.25) is 4.99 Å². The summed E-state index contributed by atoms with van der Waals surface area (Å²) in [6.45, 7) is 7.06. The number of para-hydroxylation sites is 2. The maximum absolute atomic E-state index is 11.6. The minimum Gasteiger partial charge on any atom is -0.495 e. The van der Waals surface area contributed by atoms with Crippen LogP contribution in [0, 0.1) is 0 Å². The Morgan fingerprint density at radius 1 is 1.25 bits per heavy atom. The third kappa shape index (κ3) is 6.00. The Labute approximate surface area is 169 Å². The molecule has 9 heteroatoms. The van der Waals surface area contributed by atoms with Crippen LogP contribution in [-0.4, -0.2) is 89.8 Å². The van der Waals surface area contributed by atoms with Crippen molar-refractivity contribution in [2.75, 3.05) is 71.1 Å². The number of piperazine rings is 1. The Bertz CT molecular complexity index is 746. The number of benzene rings is 1. The smallest absolute Gasteiger partial charge is 0.211 e. The van der Waals surface area contributed by atoms with Gasteiger partial charge in [-0.1, -0.05) is 19.1 Å². The minimum atomic E-state index is -3.13. The summed E-state index contributed by atoms with van der Waals surface area (Å²) in [5.74, 6) is 1.76. The van der Waals surface area contributed by atoms with Crippen LogP contribution in [0.15, 0.2) is 29.3 Å². The second kappa shape index (κ2) is 10.5. The number of ether oxygens (including phenoxy) is 1. The van der Waals surface area contributed by atoms with Crippen LogP contribution >= 0.6 is 0 Å². The molecule has 158 valence electrons. The van der Waals surface area contributed by atoms with Gasteiger partial charge < -0.3 is 19.9 Å². The Hall–Kier alpha value is -2.00. The van der Waals surface area contributed by atoms with E-state index < -0.39 is 10.0 Å². The Kier molecular flexibility index (Phi) is 8.37. The molecule has 1 fully saturated rings. The van der Waals surface area contributed by atoms with Gasteiger partial charge in [0.25, 0.3) is 0 Å². The van der Waals surface area contributed by atoms with Crippen LogP contribution in [0.4, 0.5) is 5.69 Å². The molecule has 1 saturated heterocycles. The van der Waals surface area contributed by atoms with E-state index in [0.29, 0.717) is 19.6 Å². The van der Waals surface area contributed by atoms with E-state index >= 15 is 0 Å². The van der Waals surface area contributed by atoms with Crippen molar-refractivity contribution in [3.8, 4) is 5.75 Å². The van der Waals surface area contributed by atoms with Gasteiger partial charge in [-0.15, -0.1) is 0 Å². The van der Waals surface area contributed by atoms with Gasteiger partial charge in [-0.25, -0.2) is 12.7 Å². The van der Waals surface area contributed by atoms with Gasteiger partial charge in [0.1, 0.15) is 5.75 Å². The molecule has 28 heavy (non-hydrogen) atoms. The normalized spacial score (nSPS) is 15.8. The molecule has 8 nitrogen and oxygen atoms in total. The van der Waals surface area contributed by atoms with E-state index in [0.717, 1.165) is 50.0 Å². The predicted octanol–water partition coefficient (Wildman–Crippen LogP) is 1.06. The summed E-state index contributed by atoms with van der Waals surface area (Å²) in [6.07, 6.45) is 1.99. The summed E-state index contributed by atoms with van der Waals surface area (Å²) in [4.78, 5) is 8.95. The zero-order valence-corrected chi connectivity index (χ0v) is 18.2. The molecule has 0 amide bonds. The lowest BCUT2D eigenvalue weighted by Gasteiger charge is -2.38. The van der Waals surface area contributed by atoms with Crippen molar-refractivity contribution in [2.24, 2.45) is 4.99 Å². The predicted molar refractivity (Wildman–Crippen MR) is 115 cm³/mol. The fourth-order valence-corrected chi connectivity index (χ4v) is 4.33. The highest BCUT2D eigenvalue weighted by Crippen LogP contribution is 2.28. The number of hydrogen-bond donors (Lipinski definition) is 1. The fraction of sp³-hybridized carbons (Fsp3) is 0.632. The molecule has 1 aromatic rings. The third-order valence-corrected chi connectivity index (χ3v) is 6.28. The van der Waals surface area contributed by atoms with Crippen LogP contribution in [0.2, 0.25) is 0 Å². The summed E-state index contributed by atoms with van der Waals surface area (Å²) in [5, 5.41) is 3.36. The Morgan fingerprint density at radius 2 is 1.93 bits per heavy atom. The second-order valence-electron chi connectivity index (χ2n) is 6.73. The van der Waals surface area contributed by atoms with Gasteiger partial charge in [-0.05, 0) is 18.6 Å². The Balaban J connectivity index is 1.82. The molecule has 2 rings (SSSR count). The molecule has 1 aliphatic heterocycles. The van der Waals surface area contributed by atoms with E-state index in [-0.39, 0.29) is 0 Å². The van der Waals surface area contributed by atoms with E-state index in [1.807, 2.05) is 25.1 Å². The first kappa shape index (κ1) is 22.3. The molecular formula is C19H33N5O3S. The number of methoxy groups -OCH3 is 1. The lowest BCUT2D eigenvalue weighted by molar-refractivity contribution is 0.365. The molecule has 0 aliphatic carbocycles. The molecule has 0 saturated carbocycles. The average Bonchev–Trinajstić information content (AvgIpc) is 2.70. The number of nitrogens with zero attached hydrogens (tertiary/aromatic N) is 4. The van der Waals surface area contributed by atoms with Crippen molar-refractivity contribution in [3.63, 3.8) is 0 Å². The van der Waals surface area contributed by atoms with E-state index in [1.165, 1.54) is 10.6 Å². The number of rotatable bonds is 8. The quantitative estimate of drug-likeness (QED) is 0.392. The summed E-state index contributed by atoms with van der Waals surface area (Å²) in [7, 11) is 0.349. The molecule has 0 aromatic heterocycles. The first-order valence-corrected chi connectivity index (χ1v) is 11.5. The van der Waals surface area contributed by atoms with Gasteiger partial charge >= 0.3 is 0 Å². The van der Waals surface area contributed by atoms with Gasteiger partial charge in [0.05, 0.1) is 19.1 Å². The Morgan fingerprint density at radius 3 is 2.50 bits per heavy atom. The fourth-order valence-electron chi connectivity index (χ4n) is 3.40. The maximum Gasteiger partial charge on any atom is 0.211 e. The van der Waals surface area contributed by atoms with Crippen LogP contribution in [0.1, 0.15) is 13.3 Å². The van der Waals surface area contributed by atoms with E-state index in [1.54, 1.807) is 14.2 Å². The van der Waals surface area contributed by atoms with Crippen LogP contribution in [0.5, 0.6) is 5.75 Å². The van der Waals surface area contributed by atoms with E-state index in [9.17, 15) is 8.42 Å². The highest BCUT2D eigenvalue weighted by Gasteiger charge is 2.21. The third-order valence-electron chi connectivity index (χ3n) is 4.91. The summed E-state index contributed by atoms with van der Waals surface area (Å²) in [6, 6.07) is 8.08. The van der Waals surface area contributed by atoms with Crippen molar-refractivity contribution < 1.29 is 13.2 Å². The first-order chi connectivity index (χ1) is 13.4. The van der Waals surface area contributed by atoms with Gasteiger partial charge in [0.15, 0.2) is 5.96 Å². The van der Waals surface area contributed by atoms with Crippen molar-refractivity contribution in [2.45, 2.75) is 13.3 Å². The minimum absolute atomic E-state index is 0.498. The standard InChI is InChI=1S/C19H33N5O3S/c1-5-24(28(4,25)26)12-8-11-21-19(20-2)23-15-13-22(14-16-23)17-9-6-7-10-18(17)27-3/h6-7,9-10H,5,8,11-16H2,1-4H3,(H,20,21). The van der Waals surface area contributed by atoms with Crippen molar-refractivity contribution in [1.29, 1.82) is 0 Å². The van der Waals surface area contributed by atoms with Gasteiger partial charge in [0.2, 0.25) is 10.0 Å². The molecule has 1 aliphatic rings. The monoisotopic (exact) mass is 411 g/mol. The molecule has 1 N–H and O–H groups in total. The van der Waals surface area contributed by atoms with E-state index in [2.05, 4.69) is 26.2 Å². The number of guanidine groups is 1. The van der Waals surface area contributed by atoms with Crippen molar-refractivity contribution >= 4 is 21.7 Å². The van der Waals surface area contributed by atoms with Crippen LogP contribution in [0.25, 0.3) is 0 Å². The molecule has 0 spiro atoms. The number of aliphatic imine (C=N–C) groups is 1. The van der Waals surface area contributed by atoms with Crippen LogP contribution in [0.3, 0.4) is 0 Å². The van der Waals surface area contributed by atoms with Gasteiger partial charge in [-0.2, -0.15) is 0 Å². The highest BCUT2D eigenvalue weighted by atomic mass is 32.2. The molecular weight excluding hydrogens is 378 g/mol. The number of sulfonamides is 1. The lowest BCUT2D eigenvalue weighted by atomic mass is 10.2. The first-order valence-electron chi connectivity index (χ1n) is 9.69. The zero-order chi connectivity index (χ0) is 20.6. The maximum atomic E-state index is 11.6.